The molecule has 0 radical (unpaired) electrons. The topological polar surface area (TPSA) is 51.5 Å². The molecule has 0 aliphatic rings. The van der Waals surface area contributed by atoms with Crippen molar-refractivity contribution in [3.8, 4) is 11.5 Å². The second kappa shape index (κ2) is 6.40. The van der Waals surface area contributed by atoms with Crippen molar-refractivity contribution in [2.45, 2.75) is 33.2 Å². The fourth-order valence-corrected chi connectivity index (χ4v) is 3.09. The number of phenols is 1. The molecule has 0 saturated heterocycles. The molecule has 24 heavy (non-hydrogen) atoms. The lowest BCUT2D eigenvalue weighted by molar-refractivity contribution is -0.131. The van der Waals surface area contributed by atoms with Crippen LogP contribution in [0.1, 0.15) is 37.9 Å². The molecule has 1 N–H and O–H groups in total. The standard InChI is InChI=1S/C20H21NO3/c1-13(2)19-20(24-14(3)22)17-11-16(23)9-10-18(17)21(19)12-15-7-5-4-6-8-15/h4-11,13,23H,12H2,1-3H3. The van der Waals surface area contributed by atoms with Gasteiger partial charge in [-0.3, -0.25) is 4.79 Å². The summed E-state index contributed by atoms with van der Waals surface area (Å²) in [4.78, 5) is 11.6. The van der Waals surface area contributed by atoms with Gasteiger partial charge < -0.3 is 14.4 Å². The first-order chi connectivity index (χ1) is 11.5. The van der Waals surface area contributed by atoms with Gasteiger partial charge >= 0.3 is 5.97 Å². The molecule has 0 bridgehead atoms. The minimum Gasteiger partial charge on any atom is -0.508 e. The number of carbonyl (C=O) groups is 1. The second-order valence-corrected chi connectivity index (χ2v) is 6.24. The molecule has 0 spiro atoms. The van der Waals surface area contributed by atoms with Crippen LogP contribution in [-0.2, 0) is 11.3 Å². The van der Waals surface area contributed by atoms with E-state index in [4.69, 9.17) is 4.74 Å². The number of aromatic nitrogens is 1. The van der Waals surface area contributed by atoms with Gasteiger partial charge in [0, 0.05) is 18.9 Å². The smallest absolute Gasteiger partial charge is 0.308 e. The summed E-state index contributed by atoms with van der Waals surface area (Å²) in [6, 6.07) is 15.3. The third-order valence-electron chi connectivity index (χ3n) is 4.02. The number of hydrogen-bond acceptors (Lipinski definition) is 3. The molecular formula is C20H21NO3. The predicted molar refractivity (Wildman–Crippen MR) is 94.5 cm³/mol. The Kier molecular flexibility index (Phi) is 4.30. The van der Waals surface area contributed by atoms with E-state index in [0.717, 1.165) is 16.6 Å². The fourth-order valence-electron chi connectivity index (χ4n) is 3.09. The SMILES string of the molecule is CC(=O)Oc1c(C(C)C)n(Cc2ccccc2)c2ccc(O)cc12. The number of ether oxygens (including phenoxy) is 1. The molecule has 0 aliphatic heterocycles. The molecular weight excluding hydrogens is 302 g/mol. The van der Waals surface area contributed by atoms with Crippen molar-refractivity contribution < 1.29 is 14.6 Å². The molecule has 1 aromatic heterocycles. The molecule has 124 valence electrons. The normalized spacial score (nSPS) is 11.2. The second-order valence-electron chi connectivity index (χ2n) is 6.24. The third kappa shape index (κ3) is 3.00. The van der Waals surface area contributed by atoms with Gasteiger partial charge in [0.2, 0.25) is 0 Å². The maximum atomic E-state index is 11.6. The van der Waals surface area contributed by atoms with Crippen LogP contribution < -0.4 is 4.74 Å². The van der Waals surface area contributed by atoms with Crippen LogP contribution in [-0.4, -0.2) is 15.6 Å². The van der Waals surface area contributed by atoms with E-state index < -0.39 is 0 Å². The van der Waals surface area contributed by atoms with Gasteiger partial charge in [-0.2, -0.15) is 0 Å². The quantitative estimate of drug-likeness (QED) is 0.722. The van der Waals surface area contributed by atoms with E-state index in [0.29, 0.717) is 12.3 Å². The van der Waals surface area contributed by atoms with Gasteiger partial charge in [-0.1, -0.05) is 44.2 Å². The number of carbonyl (C=O) groups excluding carboxylic acids is 1. The Morgan fingerprint density at radius 3 is 2.50 bits per heavy atom. The van der Waals surface area contributed by atoms with Crippen LogP contribution in [0, 0.1) is 0 Å². The van der Waals surface area contributed by atoms with Gasteiger partial charge in [0.05, 0.1) is 11.2 Å². The monoisotopic (exact) mass is 323 g/mol. The Balaban J connectivity index is 2.26. The summed E-state index contributed by atoms with van der Waals surface area (Å²) in [6.07, 6.45) is 0. The van der Waals surface area contributed by atoms with E-state index in [-0.39, 0.29) is 17.6 Å². The molecule has 0 aliphatic carbocycles. The van der Waals surface area contributed by atoms with Crippen LogP contribution in [0.2, 0.25) is 0 Å². The van der Waals surface area contributed by atoms with Crippen LogP contribution in [0.4, 0.5) is 0 Å². The van der Waals surface area contributed by atoms with E-state index in [1.54, 1.807) is 12.1 Å². The average molecular weight is 323 g/mol. The summed E-state index contributed by atoms with van der Waals surface area (Å²) in [6.45, 7) is 6.22. The number of rotatable bonds is 4. The van der Waals surface area contributed by atoms with E-state index >= 15 is 0 Å². The van der Waals surface area contributed by atoms with Gasteiger partial charge in [-0.15, -0.1) is 0 Å². The third-order valence-corrected chi connectivity index (χ3v) is 4.02. The van der Waals surface area contributed by atoms with E-state index in [9.17, 15) is 9.90 Å². The lowest BCUT2D eigenvalue weighted by Gasteiger charge is -2.15. The molecule has 0 fully saturated rings. The molecule has 0 amide bonds. The molecule has 2 aromatic carbocycles. The predicted octanol–water partition coefficient (Wildman–Crippen LogP) is 4.44. The summed E-state index contributed by atoms with van der Waals surface area (Å²) >= 11 is 0. The van der Waals surface area contributed by atoms with Crippen LogP contribution in [0.15, 0.2) is 48.5 Å². The Morgan fingerprint density at radius 1 is 1.17 bits per heavy atom. The van der Waals surface area contributed by atoms with E-state index in [2.05, 4.69) is 30.5 Å². The van der Waals surface area contributed by atoms with Crippen molar-refractivity contribution in [2.75, 3.05) is 0 Å². The highest BCUT2D eigenvalue weighted by Crippen LogP contribution is 2.39. The summed E-state index contributed by atoms with van der Waals surface area (Å²) in [5.41, 5.74) is 3.06. The highest BCUT2D eigenvalue weighted by molar-refractivity contribution is 5.92. The van der Waals surface area contributed by atoms with Crippen molar-refractivity contribution >= 4 is 16.9 Å². The van der Waals surface area contributed by atoms with Crippen molar-refractivity contribution in [3.63, 3.8) is 0 Å². The zero-order valence-electron chi connectivity index (χ0n) is 14.1. The zero-order chi connectivity index (χ0) is 17.3. The summed E-state index contributed by atoms with van der Waals surface area (Å²) in [5.74, 6) is 0.499. The van der Waals surface area contributed by atoms with Crippen molar-refractivity contribution in [3.05, 3.63) is 59.8 Å². The van der Waals surface area contributed by atoms with E-state index in [1.807, 2.05) is 24.3 Å². The fraction of sp³-hybridized carbons (Fsp3) is 0.250. The minimum atomic E-state index is -0.362. The molecule has 4 heteroatoms. The molecule has 0 atom stereocenters. The maximum Gasteiger partial charge on any atom is 0.308 e. The number of phenolic OH excluding ortho intramolecular Hbond substituents is 1. The Hall–Kier alpha value is -2.75. The van der Waals surface area contributed by atoms with Crippen LogP contribution in [0.25, 0.3) is 10.9 Å². The van der Waals surface area contributed by atoms with Gasteiger partial charge in [0.1, 0.15) is 5.75 Å². The number of hydrogen-bond donors (Lipinski definition) is 1. The number of fused-ring (bicyclic) bond motifs is 1. The highest BCUT2D eigenvalue weighted by atomic mass is 16.5. The van der Waals surface area contributed by atoms with Crippen LogP contribution in [0.5, 0.6) is 11.5 Å². The average Bonchev–Trinajstić information content (AvgIpc) is 2.81. The summed E-state index contributed by atoms with van der Waals surface area (Å²) < 4.78 is 7.68. The molecule has 0 unspecified atom stereocenters. The minimum absolute atomic E-state index is 0.156. The lowest BCUT2D eigenvalue weighted by Crippen LogP contribution is -2.09. The molecule has 0 saturated carbocycles. The molecule has 3 rings (SSSR count). The number of esters is 1. The van der Waals surface area contributed by atoms with Crippen molar-refractivity contribution in [1.29, 1.82) is 0 Å². The maximum absolute atomic E-state index is 11.6. The summed E-state index contributed by atoms with van der Waals surface area (Å²) in [5, 5.41) is 10.6. The Labute approximate surface area is 141 Å². The number of aromatic hydroxyl groups is 1. The highest BCUT2D eigenvalue weighted by Gasteiger charge is 2.22. The number of benzene rings is 2. The largest absolute Gasteiger partial charge is 0.508 e. The Bertz CT molecular complexity index is 879. The first-order valence-corrected chi connectivity index (χ1v) is 8.05. The first kappa shape index (κ1) is 16.1. The molecule has 4 nitrogen and oxygen atoms in total. The van der Waals surface area contributed by atoms with Gasteiger partial charge in [0.15, 0.2) is 5.75 Å². The Morgan fingerprint density at radius 2 is 1.88 bits per heavy atom. The molecule has 1 heterocycles. The zero-order valence-corrected chi connectivity index (χ0v) is 14.1. The molecule has 3 aromatic rings. The van der Waals surface area contributed by atoms with Crippen LogP contribution >= 0.6 is 0 Å². The van der Waals surface area contributed by atoms with Gasteiger partial charge in [-0.25, -0.2) is 0 Å². The van der Waals surface area contributed by atoms with Gasteiger partial charge in [-0.05, 0) is 29.7 Å². The van der Waals surface area contributed by atoms with Crippen LogP contribution in [0.3, 0.4) is 0 Å². The van der Waals surface area contributed by atoms with Gasteiger partial charge in [0.25, 0.3) is 0 Å². The first-order valence-electron chi connectivity index (χ1n) is 8.05. The number of nitrogens with zero attached hydrogens (tertiary/aromatic N) is 1. The van der Waals surface area contributed by atoms with Crippen molar-refractivity contribution in [2.24, 2.45) is 0 Å². The van der Waals surface area contributed by atoms with Crippen molar-refractivity contribution in [1.82, 2.24) is 4.57 Å². The summed E-state index contributed by atoms with van der Waals surface area (Å²) in [7, 11) is 0. The lowest BCUT2D eigenvalue weighted by atomic mass is 10.1. The van der Waals surface area contributed by atoms with E-state index in [1.165, 1.54) is 12.5 Å².